The molecule has 104 valence electrons. The Morgan fingerprint density at radius 2 is 2.00 bits per heavy atom. The second kappa shape index (κ2) is 6.73. The minimum absolute atomic E-state index is 0.0364. The fourth-order valence-corrected chi connectivity index (χ4v) is 2.32. The highest BCUT2D eigenvalue weighted by Crippen LogP contribution is 2.27. The van der Waals surface area contributed by atoms with E-state index >= 15 is 0 Å². The fourth-order valence-electron chi connectivity index (χ4n) is 2.32. The number of amides is 2. The molecule has 0 aromatic rings. The van der Waals surface area contributed by atoms with Crippen LogP contribution in [0.2, 0.25) is 0 Å². The molecule has 0 saturated heterocycles. The number of nitrogens with two attached hydrogens (primary N) is 1. The Hall–Kier alpha value is -1.10. The molecule has 1 aliphatic carbocycles. The average molecular weight is 255 g/mol. The molecule has 0 bridgehead atoms. The first-order valence-corrected chi connectivity index (χ1v) is 6.65. The molecule has 0 radical (unpaired) electrons. The molecule has 0 aliphatic heterocycles. The number of nitrogens with one attached hydrogen (secondary N) is 1. The van der Waals surface area contributed by atoms with Gasteiger partial charge in [0, 0.05) is 39.0 Å². The van der Waals surface area contributed by atoms with Gasteiger partial charge in [0.25, 0.3) is 0 Å². The van der Waals surface area contributed by atoms with Crippen molar-refractivity contribution in [2.24, 2.45) is 17.6 Å². The van der Waals surface area contributed by atoms with Gasteiger partial charge in [0.2, 0.25) is 11.8 Å². The average Bonchev–Trinajstić information content (AvgIpc) is 2.32. The van der Waals surface area contributed by atoms with Crippen LogP contribution in [0.1, 0.15) is 32.6 Å². The zero-order valence-corrected chi connectivity index (χ0v) is 11.6. The van der Waals surface area contributed by atoms with E-state index < -0.39 is 0 Å². The molecule has 1 fully saturated rings. The normalized spacial score (nSPS) is 27.7. The summed E-state index contributed by atoms with van der Waals surface area (Å²) in [4.78, 5) is 24.8. The predicted molar refractivity (Wildman–Crippen MR) is 70.8 cm³/mol. The van der Waals surface area contributed by atoms with Crippen molar-refractivity contribution in [2.45, 2.75) is 38.6 Å². The van der Waals surface area contributed by atoms with Crippen LogP contribution in [-0.4, -0.2) is 43.4 Å². The van der Waals surface area contributed by atoms with Crippen LogP contribution in [0.5, 0.6) is 0 Å². The molecular formula is C13H25N3O2. The highest BCUT2D eigenvalue weighted by atomic mass is 16.2. The lowest BCUT2D eigenvalue weighted by Gasteiger charge is -2.31. The number of rotatable bonds is 4. The molecule has 0 heterocycles. The number of hydrogen-bond donors (Lipinski definition) is 2. The van der Waals surface area contributed by atoms with Crippen LogP contribution in [0, 0.1) is 11.8 Å². The highest BCUT2D eigenvalue weighted by molar-refractivity contribution is 5.80. The number of hydrogen-bond acceptors (Lipinski definition) is 3. The smallest absolute Gasteiger partial charge is 0.223 e. The van der Waals surface area contributed by atoms with E-state index in [9.17, 15) is 9.59 Å². The second-order valence-corrected chi connectivity index (χ2v) is 5.48. The van der Waals surface area contributed by atoms with E-state index in [4.69, 9.17) is 5.73 Å². The molecule has 0 aromatic heterocycles. The van der Waals surface area contributed by atoms with Crippen molar-refractivity contribution >= 4 is 11.8 Å². The van der Waals surface area contributed by atoms with Gasteiger partial charge in [-0.15, -0.1) is 0 Å². The fraction of sp³-hybridized carbons (Fsp3) is 0.846. The van der Waals surface area contributed by atoms with Crippen LogP contribution >= 0.6 is 0 Å². The molecule has 5 nitrogen and oxygen atoms in total. The maximum absolute atomic E-state index is 11.9. The molecule has 1 aliphatic rings. The first-order valence-electron chi connectivity index (χ1n) is 6.65. The maximum atomic E-state index is 11.9. The first-order chi connectivity index (χ1) is 8.41. The zero-order chi connectivity index (χ0) is 13.7. The number of carbonyl (C=O) groups is 2. The Morgan fingerprint density at radius 1 is 1.33 bits per heavy atom. The molecule has 1 rings (SSSR count). The molecule has 3 atom stereocenters. The van der Waals surface area contributed by atoms with Crippen molar-refractivity contribution in [2.75, 3.05) is 20.6 Å². The van der Waals surface area contributed by atoms with E-state index in [0.717, 1.165) is 19.3 Å². The molecule has 18 heavy (non-hydrogen) atoms. The van der Waals surface area contributed by atoms with Gasteiger partial charge >= 0.3 is 0 Å². The molecule has 3 unspecified atom stereocenters. The molecule has 5 heteroatoms. The van der Waals surface area contributed by atoms with E-state index in [0.29, 0.717) is 18.9 Å². The summed E-state index contributed by atoms with van der Waals surface area (Å²) in [7, 11) is 3.43. The van der Waals surface area contributed by atoms with E-state index in [-0.39, 0.29) is 23.8 Å². The lowest BCUT2D eigenvalue weighted by molar-refractivity contribution is -0.129. The van der Waals surface area contributed by atoms with Gasteiger partial charge in [-0.05, 0) is 25.2 Å². The molecule has 3 N–H and O–H groups in total. The van der Waals surface area contributed by atoms with Crippen molar-refractivity contribution in [3.8, 4) is 0 Å². The summed E-state index contributed by atoms with van der Waals surface area (Å²) in [5.74, 6) is 0.571. The summed E-state index contributed by atoms with van der Waals surface area (Å²) >= 11 is 0. The zero-order valence-electron chi connectivity index (χ0n) is 11.6. The summed E-state index contributed by atoms with van der Waals surface area (Å²) in [6, 6.07) is 0.226. The third kappa shape index (κ3) is 4.29. The third-order valence-corrected chi connectivity index (χ3v) is 3.74. The van der Waals surface area contributed by atoms with Gasteiger partial charge in [-0.25, -0.2) is 0 Å². The lowest BCUT2D eigenvalue weighted by atomic mass is 9.79. The molecule has 2 amide bonds. The van der Waals surface area contributed by atoms with Crippen molar-refractivity contribution in [1.29, 1.82) is 0 Å². The minimum Gasteiger partial charge on any atom is -0.355 e. The quantitative estimate of drug-likeness (QED) is 0.761. The number of nitrogens with zero attached hydrogens (tertiary/aromatic N) is 1. The summed E-state index contributed by atoms with van der Waals surface area (Å²) < 4.78 is 0. The van der Waals surface area contributed by atoms with Crippen LogP contribution in [0.3, 0.4) is 0 Å². The van der Waals surface area contributed by atoms with Gasteiger partial charge in [0.1, 0.15) is 0 Å². The molecule has 0 spiro atoms. The standard InChI is InChI=1S/C13H25N3O2/c1-9-8-10(4-5-11(9)14)13(18)15-7-6-12(17)16(2)3/h9-11H,4-8,14H2,1-3H3,(H,15,18). The van der Waals surface area contributed by atoms with Gasteiger partial charge in [-0.1, -0.05) is 6.92 Å². The molecule has 0 aromatic carbocycles. The van der Waals surface area contributed by atoms with Crippen molar-refractivity contribution < 1.29 is 9.59 Å². The topological polar surface area (TPSA) is 75.4 Å². The minimum atomic E-state index is 0.0364. The largest absolute Gasteiger partial charge is 0.355 e. The molecular weight excluding hydrogens is 230 g/mol. The van der Waals surface area contributed by atoms with Crippen LogP contribution < -0.4 is 11.1 Å². The maximum Gasteiger partial charge on any atom is 0.223 e. The second-order valence-electron chi connectivity index (χ2n) is 5.48. The van der Waals surface area contributed by atoms with Crippen molar-refractivity contribution in [1.82, 2.24) is 10.2 Å². The van der Waals surface area contributed by atoms with Crippen molar-refractivity contribution in [3.05, 3.63) is 0 Å². The summed E-state index contributed by atoms with van der Waals surface area (Å²) in [5.41, 5.74) is 5.93. The Bertz CT molecular complexity index is 305. The highest BCUT2D eigenvalue weighted by Gasteiger charge is 2.29. The van der Waals surface area contributed by atoms with E-state index in [2.05, 4.69) is 12.2 Å². The number of carbonyl (C=O) groups excluding carboxylic acids is 2. The van der Waals surface area contributed by atoms with Gasteiger partial charge < -0.3 is 16.0 Å². The van der Waals surface area contributed by atoms with Crippen LogP contribution in [-0.2, 0) is 9.59 Å². The summed E-state index contributed by atoms with van der Waals surface area (Å²) in [6.45, 7) is 2.52. The molecule has 1 saturated carbocycles. The van der Waals surface area contributed by atoms with Crippen LogP contribution in [0.25, 0.3) is 0 Å². The monoisotopic (exact) mass is 255 g/mol. The van der Waals surface area contributed by atoms with Crippen LogP contribution in [0.4, 0.5) is 0 Å². The van der Waals surface area contributed by atoms with Crippen LogP contribution in [0.15, 0.2) is 0 Å². The Balaban J connectivity index is 2.27. The summed E-state index contributed by atoms with van der Waals surface area (Å²) in [6.07, 6.45) is 2.99. The van der Waals surface area contributed by atoms with Gasteiger partial charge in [0.05, 0.1) is 0 Å². The van der Waals surface area contributed by atoms with Crippen molar-refractivity contribution in [3.63, 3.8) is 0 Å². The first kappa shape index (κ1) is 15.0. The van der Waals surface area contributed by atoms with E-state index in [1.807, 2.05) is 0 Å². The van der Waals surface area contributed by atoms with Gasteiger partial charge in [0.15, 0.2) is 0 Å². The van der Waals surface area contributed by atoms with Gasteiger partial charge in [-0.2, -0.15) is 0 Å². The van der Waals surface area contributed by atoms with Gasteiger partial charge in [-0.3, -0.25) is 9.59 Å². The Kier molecular flexibility index (Phi) is 5.59. The lowest BCUT2D eigenvalue weighted by Crippen LogP contribution is -2.41. The third-order valence-electron chi connectivity index (χ3n) is 3.74. The SMILES string of the molecule is CC1CC(C(=O)NCCC(=O)N(C)C)CCC1N. The van der Waals surface area contributed by atoms with E-state index in [1.54, 1.807) is 14.1 Å². The summed E-state index contributed by atoms with van der Waals surface area (Å²) in [5, 5.41) is 2.85. The van der Waals surface area contributed by atoms with E-state index in [1.165, 1.54) is 4.90 Å². The predicted octanol–water partition coefficient (Wildman–Crippen LogP) is 0.344. The Labute approximate surface area is 109 Å². The Morgan fingerprint density at radius 3 is 2.56 bits per heavy atom.